The van der Waals surface area contributed by atoms with Crippen molar-refractivity contribution in [3.8, 4) is 28.2 Å². The molecule has 38 heavy (non-hydrogen) atoms. The van der Waals surface area contributed by atoms with E-state index in [1.165, 1.54) is 21.8 Å². The Morgan fingerprint density at radius 1 is 0.474 bits per heavy atom. The minimum atomic E-state index is 0.839. The summed E-state index contributed by atoms with van der Waals surface area (Å²) in [4.78, 5) is 0. The summed E-state index contributed by atoms with van der Waals surface area (Å²) in [6.07, 6.45) is 2.06. The van der Waals surface area contributed by atoms with E-state index < -0.39 is 0 Å². The lowest BCUT2D eigenvalue weighted by Gasteiger charge is -2.11. The second kappa shape index (κ2) is 8.15. The van der Waals surface area contributed by atoms with E-state index >= 15 is 0 Å². The smallest absolute Gasteiger partial charge is 0.168 e. The van der Waals surface area contributed by atoms with Gasteiger partial charge in [-0.2, -0.15) is 0 Å². The molecule has 0 saturated carbocycles. The van der Waals surface area contributed by atoms with Gasteiger partial charge >= 0.3 is 0 Å². The summed E-state index contributed by atoms with van der Waals surface area (Å²) < 4.78 is 4.44. The monoisotopic (exact) mass is 486 g/mol. The Balaban J connectivity index is 1.27. The Hall–Kier alpha value is -5.22. The van der Waals surface area contributed by atoms with Crippen molar-refractivity contribution in [1.82, 2.24) is 19.2 Å². The average Bonchev–Trinajstić information content (AvgIpc) is 3.57. The second-order valence-corrected chi connectivity index (χ2v) is 9.62. The summed E-state index contributed by atoms with van der Waals surface area (Å²) in [5, 5.41) is 13.9. The molecule has 0 atom stereocenters. The van der Waals surface area contributed by atoms with Crippen LogP contribution in [0.4, 0.5) is 0 Å². The molecule has 0 fully saturated rings. The van der Waals surface area contributed by atoms with Gasteiger partial charge in [-0.05, 0) is 52.9 Å². The van der Waals surface area contributed by atoms with Gasteiger partial charge in [0.25, 0.3) is 0 Å². The molecular weight excluding hydrogens is 464 g/mol. The van der Waals surface area contributed by atoms with Gasteiger partial charge in [0.05, 0.1) is 11.0 Å². The minimum absolute atomic E-state index is 0.839. The van der Waals surface area contributed by atoms with Crippen LogP contribution in [0.25, 0.3) is 66.4 Å². The van der Waals surface area contributed by atoms with Crippen molar-refractivity contribution in [2.75, 3.05) is 0 Å². The van der Waals surface area contributed by atoms with E-state index in [1.807, 2.05) is 12.1 Å². The number of aromatic nitrogens is 4. The first-order chi connectivity index (χ1) is 18.8. The zero-order valence-corrected chi connectivity index (χ0v) is 20.5. The van der Waals surface area contributed by atoms with Gasteiger partial charge in [-0.3, -0.25) is 4.40 Å². The molecule has 0 saturated heterocycles. The van der Waals surface area contributed by atoms with E-state index in [2.05, 4.69) is 141 Å². The molecule has 8 rings (SSSR count). The molecule has 3 aromatic heterocycles. The highest BCUT2D eigenvalue weighted by atomic mass is 15.2. The fourth-order valence-corrected chi connectivity index (χ4v) is 5.68. The molecule has 0 aliphatic rings. The number of fused-ring (bicyclic) bond motifs is 6. The largest absolute Gasteiger partial charge is 0.309 e. The summed E-state index contributed by atoms with van der Waals surface area (Å²) in [6.45, 7) is 0. The van der Waals surface area contributed by atoms with E-state index in [0.717, 1.165) is 44.6 Å². The lowest BCUT2D eigenvalue weighted by Crippen LogP contribution is -1.94. The molecule has 4 heteroatoms. The Bertz CT molecular complexity index is 2090. The van der Waals surface area contributed by atoms with Crippen LogP contribution in [0.1, 0.15) is 0 Å². The third kappa shape index (κ3) is 3.10. The highest BCUT2D eigenvalue weighted by molar-refractivity contribution is 6.09. The van der Waals surface area contributed by atoms with Crippen molar-refractivity contribution in [3.05, 3.63) is 134 Å². The second-order valence-electron chi connectivity index (χ2n) is 9.62. The Morgan fingerprint density at radius 2 is 1.11 bits per heavy atom. The Labute approximate surface area is 219 Å². The minimum Gasteiger partial charge on any atom is -0.309 e. The van der Waals surface area contributed by atoms with Gasteiger partial charge in [0.1, 0.15) is 0 Å². The summed E-state index contributed by atoms with van der Waals surface area (Å²) in [5.41, 5.74) is 7.77. The van der Waals surface area contributed by atoms with Gasteiger partial charge in [-0.25, -0.2) is 0 Å². The molecule has 0 amide bonds. The molecule has 0 unspecified atom stereocenters. The van der Waals surface area contributed by atoms with Crippen LogP contribution >= 0.6 is 0 Å². The highest BCUT2D eigenvalue weighted by Gasteiger charge is 2.14. The molecule has 0 aliphatic heterocycles. The van der Waals surface area contributed by atoms with E-state index in [4.69, 9.17) is 0 Å². The van der Waals surface area contributed by atoms with E-state index in [-0.39, 0.29) is 0 Å². The number of para-hydroxylation sites is 2. The van der Waals surface area contributed by atoms with Crippen molar-refractivity contribution in [3.63, 3.8) is 0 Å². The van der Waals surface area contributed by atoms with Gasteiger partial charge in [-0.1, -0.05) is 91.0 Å². The molecule has 0 radical (unpaired) electrons. The van der Waals surface area contributed by atoms with E-state index in [9.17, 15) is 0 Å². The third-order valence-electron chi connectivity index (χ3n) is 7.44. The van der Waals surface area contributed by atoms with Crippen LogP contribution < -0.4 is 0 Å². The van der Waals surface area contributed by atoms with Gasteiger partial charge < -0.3 is 4.57 Å². The number of pyridine rings is 1. The zero-order chi connectivity index (χ0) is 25.1. The van der Waals surface area contributed by atoms with E-state index in [1.54, 1.807) is 0 Å². The quantitative estimate of drug-likeness (QED) is 0.252. The standard InChI is InChI=1S/C34H22N4/c1-2-14-28-23(9-1)19-20-37-33(35-36-34(28)37)26-12-7-10-24(21-26)25-11-8-13-27(22-25)38-31-17-5-3-15-29(31)30-16-4-6-18-32(30)38/h1-22H. The van der Waals surface area contributed by atoms with Crippen molar-refractivity contribution in [2.45, 2.75) is 0 Å². The highest BCUT2D eigenvalue weighted by Crippen LogP contribution is 2.34. The number of rotatable bonds is 3. The van der Waals surface area contributed by atoms with Gasteiger partial charge in [0.15, 0.2) is 11.5 Å². The summed E-state index contributed by atoms with van der Waals surface area (Å²) in [6, 6.07) is 45.0. The summed E-state index contributed by atoms with van der Waals surface area (Å²) >= 11 is 0. The third-order valence-corrected chi connectivity index (χ3v) is 7.44. The van der Waals surface area contributed by atoms with Crippen LogP contribution in [-0.2, 0) is 0 Å². The number of benzene rings is 5. The maximum Gasteiger partial charge on any atom is 0.168 e. The molecule has 0 spiro atoms. The van der Waals surface area contributed by atoms with Gasteiger partial charge in [-0.15, -0.1) is 10.2 Å². The topological polar surface area (TPSA) is 35.1 Å². The Morgan fingerprint density at radius 3 is 1.89 bits per heavy atom. The van der Waals surface area contributed by atoms with Crippen LogP contribution in [0.15, 0.2) is 134 Å². The first kappa shape index (κ1) is 20.9. The maximum absolute atomic E-state index is 4.59. The van der Waals surface area contributed by atoms with Gasteiger partial charge in [0.2, 0.25) is 0 Å². The number of nitrogens with zero attached hydrogens (tertiary/aromatic N) is 4. The van der Waals surface area contributed by atoms with E-state index in [0.29, 0.717) is 0 Å². The molecule has 0 N–H and O–H groups in total. The Kier molecular flexibility index (Phi) is 4.49. The fraction of sp³-hybridized carbons (Fsp3) is 0. The summed E-state index contributed by atoms with van der Waals surface area (Å²) in [5.74, 6) is 0.839. The van der Waals surface area contributed by atoms with Crippen LogP contribution in [0.5, 0.6) is 0 Å². The van der Waals surface area contributed by atoms with Gasteiger partial charge in [0, 0.05) is 33.6 Å². The first-order valence-corrected chi connectivity index (χ1v) is 12.8. The van der Waals surface area contributed by atoms with Crippen molar-refractivity contribution >= 4 is 38.2 Å². The van der Waals surface area contributed by atoms with Crippen LogP contribution in [0.3, 0.4) is 0 Å². The average molecular weight is 487 g/mol. The van der Waals surface area contributed by atoms with Crippen molar-refractivity contribution < 1.29 is 0 Å². The summed E-state index contributed by atoms with van der Waals surface area (Å²) in [7, 11) is 0. The zero-order valence-electron chi connectivity index (χ0n) is 20.5. The molecular formula is C34H22N4. The number of hydrogen-bond donors (Lipinski definition) is 0. The first-order valence-electron chi connectivity index (χ1n) is 12.8. The lowest BCUT2D eigenvalue weighted by molar-refractivity contribution is 1.11. The van der Waals surface area contributed by atoms with Crippen LogP contribution in [0.2, 0.25) is 0 Å². The molecule has 4 nitrogen and oxygen atoms in total. The normalized spacial score (nSPS) is 11.7. The molecule has 3 heterocycles. The predicted molar refractivity (Wildman–Crippen MR) is 156 cm³/mol. The van der Waals surface area contributed by atoms with Crippen LogP contribution in [0, 0.1) is 0 Å². The molecule has 178 valence electrons. The van der Waals surface area contributed by atoms with Crippen molar-refractivity contribution in [1.29, 1.82) is 0 Å². The number of hydrogen-bond acceptors (Lipinski definition) is 2. The molecule has 0 aliphatic carbocycles. The van der Waals surface area contributed by atoms with Crippen LogP contribution in [-0.4, -0.2) is 19.2 Å². The SMILES string of the molecule is c1cc(-c2cccc(-n3c4ccccc4c4ccccc43)c2)cc(-c2nnc3c4ccccc4ccn23)c1. The molecule has 0 bridgehead atoms. The predicted octanol–water partition coefficient (Wildman–Crippen LogP) is 8.31. The molecule has 8 aromatic rings. The lowest BCUT2D eigenvalue weighted by atomic mass is 10.0. The fourth-order valence-electron chi connectivity index (χ4n) is 5.68. The maximum atomic E-state index is 4.59. The van der Waals surface area contributed by atoms with Crippen molar-refractivity contribution in [2.24, 2.45) is 0 Å². The molecule has 5 aromatic carbocycles.